The quantitative estimate of drug-likeness (QED) is 0.448. The molecule has 6 nitrogen and oxygen atoms in total. The maximum absolute atomic E-state index is 12.0. The average molecular weight is 281 g/mol. The highest BCUT2D eigenvalue weighted by molar-refractivity contribution is 6.05. The van der Waals surface area contributed by atoms with Gasteiger partial charge in [-0.15, -0.1) is 0 Å². The molecule has 1 aromatic rings. The molecule has 0 aromatic carbocycles. The van der Waals surface area contributed by atoms with Crippen molar-refractivity contribution in [2.45, 2.75) is 26.7 Å². The Morgan fingerprint density at radius 2 is 1.65 bits per heavy atom. The van der Waals surface area contributed by atoms with Crippen LogP contribution in [-0.4, -0.2) is 35.5 Å². The Labute approximate surface area is 117 Å². The van der Waals surface area contributed by atoms with Crippen LogP contribution in [0.4, 0.5) is 0 Å². The maximum atomic E-state index is 12.0. The van der Waals surface area contributed by atoms with Crippen molar-refractivity contribution in [1.29, 1.82) is 0 Å². The van der Waals surface area contributed by atoms with E-state index in [2.05, 4.69) is 0 Å². The number of aromatic nitrogens is 1. The summed E-state index contributed by atoms with van der Waals surface area (Å²) in [4.78, 5) is 35.7. The van der Waals surface area contributed by atoms with Gasteiger partial charge in [-0.25, -0.2) is 0 Å². The molecule has 0 saturated heterocycles. The van der Waals surface area contributed by atoms with Crippen LogP contribution in [0, 0.1) is 0 Å². The summed E-state index contributed by atoms with van der Waals surface area (Å²) in [5.41, 5.74) is 0.619. The minimum atomic E-state index is -1.24. The van der Waals surface area contributed by atoms with E-state index < -0.39 is 17.9 Å². The molecule has 0 aliphatic carbocycles. The molecule has 1 aromatic heterocycles. The number of nitrogens with zero attached hydrogens (tertiary/aromatic N) is 1. The van der Waals surface area contributed by atoms with Crippen LogP contribution in [-0.2, 0) is 26.1 Å². The zero-order valence-electron chi connectivity index (χ0n) is 12.1. The highest BCUT2D eigenvalue weighted by Crippen LogP contribution is 2.24. The van der Waals surface area contributed by atoms with E-state index in [4.69, 9.17) is 9.47 Å². The van der Waals surface area contributed by atoms with Crippen molar-refractivity contribution in [3.8, 4) is 0 Å². The van der Waals surface area contributed by atoms with Crippen molar-refractivity contribution in [2.75, 3.05) is 13.2 Å². The first-order chi connectivity index (χ1) is 9.43. The smallest absolute Gasteiger partial charge is 0.326 e. The fraction of sp³-hybridized carbons (Fsp3) is 0.500. The lowest BCUT2D eigenvalue weighted by Gasteiger charge is -2.16. The van der Waals surface area contributed by atoms with Crippen molar-refractivity contribution in [2.24, 2.45) is 7.05 Å². The highest BCUT2D eigenvalue weighted by atomic mass is 16.6. The van der Waals surface area contributed by atoms with E-state index in [1.807, 2.05) is 0 Å². The van der Waals surface area contributed by atoms with Crippen molar-refractivity contribution >= 4 is 17.7 Å². The molecule has 1 rings (SSSR count). The molecule has 0 aliphatic heterocycles. The predicted molar refractivity (Wildman–Crippen MR) is 71.4 cm³/mol. The molecular formula is C14H19NO5. The van der Waals surface area contributed by atoms with Crippen molar-refractivity contribution in [1.82, 2.24) is 4.57 Å². The topological polar surface area (TPSA) is 74.6 Å². The molecule has 0 unspecified atom stereocenters. The van der Waals surface area contributed by atoms with Gasteiger partial charge < -0.3 is 14.0 Å². The molecule has 0 amide bonds. The Kier molecular flexibility index (Phi) is 5.49. The summed E-state index contributed by atoms with van der Waals surface area (Å²) in [6, 6.07) is 1.57. The van der Waals surface area contributed by atoms with Gasteiger partial charge in [0.2, 0.25) is 0 Å². The van der Waals surface area contributed by atoms with Gasteiger partial charge in [0.25, 0.3) is 0 Å². The first-order valence-electron chi connectivity index (χ1n) is 6.43. The summed E-state index contributed by atoms with van der Waals surface area (Å²) in [7, 11) is 1.66. The summed E-state index contributed by atoms with van der Waals surface area (Å²) >= 11 is 0. The third kappa shape index (κ3) is 3.26. The molecule has 0 spiro atoms. The molecule has 0 radical (unpaired) electrons. The molecule has 110 valence electrons. The number of hydrogen-bond acceptors (Lipinski definition) is 5. The number of hydrogen-bond donors (Lipinski definition) is 0. The van der Waals surface area contributed by atoms with Crippen LogP contribution in [0.3, 0.4) is 0 Å². The SMILES string of the molecule is CCOC(=O)C(C(=O)OCC)c1c(C(C)=O)ccn1C. The second-order valence-corrected chi connectivity index (χ2v) is 4.22. The Morgan fingerprint density at radius 3 is 2.05 bits per heavy atom. The number of aryl methyl sites for hydroxylation is 1. The van der Waals surface area contributed by atoms with Crippen LogP contribution in [0.15, 0.2) is 12.3 Å². The highest BCUT2D eigenvalue weighted by Gasteiger charge is 2.36. The van der Waals surface area contributed by atoms with Crippen molar-refractivity contribution in [3.63, 3.8) is 0 Å². The zero-order chi connectivity index (χ0) is 15.3. The third-order valence-electron chi connectivity index (χ3n) is 2.82. The van der Waals surface area contributed by atoms with Crippen LogP contribution in [0.25, 0.3) is 0 Å². The van der Waals surface area contributed by atoms with Crippen LogP contribution in [0.1, 0.15) is 42.7 Å². The van der Waals surface area contributed by atoms with Gasteiger partial charge in [-0.2, -0.15) is 0 Å². The molecule has 0 bridgehead atoms. The van der Waals surface area contributed by atoms with E-state index in [0.29, 0.717) is 11.3 Å². The van der Waals surface area contributed by atoms with Gasteiger partial charge in [-0.1, -0.05) is 0 Å². The molecule has 0 saturated carbocycles. The largest absolute Gasteiger partial charge is 0.465 e. The molecule has 0 fully saturated rings. The predicted octanol–water partition coefficient (Wildman–Crippen LogP) is 1.44. The number of carbonyl (C=O) groups excluding carboxylic acids is 3. The minimum Gasteiger partial charge on any atom is -0.465 e. The number of carbonyl (C=O) groups is 3. The summed E-state index contributed by atoms with van der Waals surface area (Å²) in [6.45, 7) is 4.98. The van der Waals surface area contributed by atoms with E-state index in [1.165, 1.54) is 6.92 Å². The van der Waals surface area contributed by atoms with Gasteiger partial charge >= 0.3 is 11.9 Å². The molecule has 1 heterocycles. The van der Waals surface area contributed by atoms with E-state index in [0.717, 1.165) is 0 Å². The number of rotatable bonds is 6. The van der Waals surface area contributed by atoms with E-state index in [-0.39, 0.29) is 19.0 Å². The number of Topliss-reactive ketones (excluding diaryl/α,β-unsaturated/α-hetero) is 1. The maximum Gasteiger partial charge on any atom is 0.326 e. The first kappa shape index (κ1) is 15.9. The Bertz CT molecular complexity index is 500. The Balaban J connectivity index is 3.30. The van der Waals surface area contributed by atoms with Crippen molar-refractivity contribution in [3.05, 3.63) is 23.5 Å². The Hall–Kier alpha value is -2.11. The van der Waals surface area contributed by atoms with Crippen molar-refractivity contribution < 1.29 is 23.9 Å². The normalized spacial score (nSPS) is 10.4. The molecule has 20 heavy (non-hydrogen) atoms. The van der Waals surface area contributed by atoms with Crippen LogP contribution in [0.5, 0.6) is 0 Å². The number of ether oxygens (including phenoxy) is 2. The summed E-state index contributed by atoms with van der Waals surface area (Å²) in [5.74, 6) is -2.89. The van der Waals surface area contributed by atoms with Gasteiger partial charge in [-0.3, -0.25) is 14.4 Å². The standard InChI is InChI=1S/C14H19NO5/c1-5-19-13(17)11(14(18)20-6-2)12-10(9(3)16)7-8-15(12)4/h7-8,11H,5-6H2,1-4H3. The summed E-state index contributed by atoms with van der Waals surface area (Å²) in [5, 5.41) is 0. The lowest BCUT2D eigenvalue weighted by atomic mass is 10.00. The van der Waals surface area contributed by atoms with Crippen LogP contribution in [0.2, 0.25) is 0 Å². The first-order valence-corrected chi connectivity index (χ1v) is 6.43. The minimum absolute atomic E-state index is 0.147. The Morgan fingerprint density at radius 1 is 1.15 bits per heavy atom. The van der Waals surface area contributed by atoms with Gasteiger partial charge in [-0.05, 0) is 26.8 Å². The van der Waals surface area contributed by atoms with Gasteiger partial charge in [0.1, 0.15) is 0 Å². The van der Waals surface area contributed by atoms with E-state index >= 15 is 0 Å². The van der Waals surface area contributed by atoms with Gasteiger partial charge in [0.05, 0.1) is 18.9 Å². The van der Waals surface area contributed by atoms with Crippen LogP contribution >= 0.6 is 0 Å². The third-order valence-corrected chi connectivity index (χ3v) is 2.82. The average Bonchev–Trinajstić information content (AvgIpc) is 2.73. The number of esters is 2. The number of ketones is 1. The van der Waals surface area contributed by atoms with E-state index in [9.17, 15) is 14.4 Å². The molecule has 0 N–H and O–H groups in total. The molecule has 0 atom stereocenters. The van der Waals surface area contributed by atoms with Crippen LogP contribution < -0.4 is 0 Å². The lowest BCUT2D eigenvalue weighted by molar-refractivity contribution is -0.157. The molecule has 0 aliphatic rings. The van der Waals surface area contributed by atoms with Gasteiger partial charge in [0.15, 0.2) is 11.7 Å². The second kappa shape index (κ2) is 6.88. The monoisotopic (exact) mass is 281 g/mol. The fourth-order valence-electron chi connectivity index (χ4n) is 1.97. The molecular weight excluding hydrogens is 262 g/mol. The lowest BCUT2D eigenvalue weighted by Crippen LogP contribution is -2.29. The molecule has 6 heteroatoms. The fourth-order valence-corrected chi connectivity index (χ4v) is 1.97. The van der Waals surface area contributed by atoms with Gasteiger partial charge in [0, 0.05) is 18.8 Å². The summed E-state index contributed by atoms with van der Waals surface area (Å²) < 4.78 is 11.4. The summed E-state index contributed by atoms with van der Waals surface area (Å²) in [6.07, 6.45) is 1.62. The second-order valence-electron chi connectivity index (χ2n) is 4.22. The van der Waals surface area contributed by atoms with E-state index in [1.54, 1.807) is 37.7 Å². The zero-order valence-corrected chi connectivity index (χ0v) is 12.1.